The molecule has 0 saturated carbocycles. The highest BCUT2D eigenvalue weighted by Crippen LogP contribution is 2.23. The van der Waals surface area contributed by atoms with Crippen LogP contribution in [0.4, 0.5) is 0 Å². The second kappa shape index (κ2) is 2.36. The van der Waals surface area contributed by atoms with Crippen LogP contribution >= 0.6 is 15.9 Å². The number of piperidine rings is 1. The molecule has 0 radical (unpaired) electrons. The van der Waals surface area contributed by atoms with Crippen LogP contribution in [0.1, 0.15) is 26.2 Å². The molecule has 1 saturated heterocycles. The van der Waals surface area contributed by atoms with E-state index in [9.17, 15) is 0 Å². The Balaban J connectivity index is 2.33. The lowest BCUT2D eigenvalue weighted by Gasteiger charge is -2.28. The molecule has 8 heavy (non-hydrogen) atoms. The summed E-state index contributed by atoms with van der Waals surface area (Å²) in [6.45, 7) is 3.36. The van der Waals surface area contributed by atoms with Crippen molar-refractivity contribution in [3.63, 3.8) is 0 Å². The van der Waals surface area contributed by atoms with Crippen molar-refractivity contribution in [3.8, 4) is 0 Å². The molecule has 48 valence electrons. The van der Waals surface area contributed by atoms with Gasteiger partial charge in [-0.3, -0.25) is 0 Å². The molecular formula is C6H12BrN. The predicted molar refractivity (Wildman–Crippen MR) is 39.2 cm³/mol. The summed E-state index contributed by atoms with van der Waals surface area (Å²) >= 11 is 3.58. The summed E-state index contributed by atoms with van der Waals surface area (Å²) < 4.78 is 0.241. The minimum Gasteiger partial charge on any atom is -0.303 e. The van der Waals surface area contributed by atoms with Gasteiger partial charge in [-0.2, -0.15) is 0 Å². The smallest absolute Gasteiger partial charge is 0.0713 e. The van der Waals surface area contributed by atoms with Gasteiger partial charge in [0, 0.05) is 0 Å². The number of halogens is 1. The second-order valence-corrected chi connectivity index (χ2v) is 4.33. The molecule has 1 aliphatic rings. The van der Waals surface area contributed by atoms with Gasteiger partial charge in [0.05, 0.1) is 4.45 Å². The largest absolute Gasteiger partial charge is 0.303 e. The lowest BCUT2D eigenvalue weighted by atomic mass is 10.1. The van der Waals surface area contributed by atoms with Crippen molar-refractivity contribution >= 4 is 15.9 Å². The molecule has 1 N–H and O–H groups in total. The molecule has 0 aliphatic carbocycles. The molecule has 1 rings (SSSR count). The van der Waals surface area contributed by atoms with Crippen molar-refractivity contribution in [2.24, 2.45) is 0 Å². The van der Waals surface area contributed by atoms with E-state index in [4.69, 9.17) is 0 Å². The van der Waals surface area contributed by atoms with Crippen LogP contribution in [0.25, 0.3) is 0 Å². The van der Waals surface area contributed by atoms with Crippen LogP contribution in [0.2, 0.25) is 0 Å². The zero-order valence-corrected chi connectivity index (χ0v) is 6.79. The minimum absolute atomic E-state index is 0.241. The first-order valence-electron chi connectivity index (χ1n) is 3.15. The van der Waals surface area contributed by atoms with Gasteiger partial charge in [-0.1, -0.05) is 15.9 Å². The van der Waals surface area contributed by atoms with Crippen LogP contribution in [0.15, 0.2) is 0 Å². The van der Waals surface area contributed by atoms with E-state index >= 15 is 0 Å². The highest BCUT2D eigenvalue weighted by atomic mass is 79.9. The Morgan fingerprint density at radius 1 is 1.50 bits per heavy atom. The van der Waals surface area contributed by atoms with Crippen molar-refractivity contribution in [3.05, 3.63) is 0 Å². The quantitative estimate of drug-likeness (QED) is 0.441. The van der Waals surface area contributed by atoms with Crippen LogP contribution in [0, 0.1) is 0 Å². The van der Waals surface area contributed by atoms with Crippen molar-refractivity contribution in [1.82, 2.24) is 5.32 Å². The summed E-state index contributed by atoms with van der Waals surface area (Å²) in [5.41, 5.74) is 0. The minimum atomic E-state index is 0.241. The van der Waals surface area contributed by atoms with Crippen molar-refractivity contribution in [1.29, 1.82) is 0 Å². The molecule has 1 unspecified atom stereocenters. The molecule has 1 atom stereocenters. The summed E-state index contributed by atoms with van der Waals surface area (Å²) in [6.07, 6.45) is 3.95. The highest BCUT2D eigenvalue weighted by molar-refractivity contribution is 9.10. The molecule has 0 amide bonds. The van der Waals surface area contributed by atoms with Gasteiger partial charge in [0.15, 0.2) is 0 Å². The maximum atomic E-state index is 3.58. The van der Waals surface area contributed by atoms with Gasteiger partial charge in [0.25, 0.3) is 0 Å². The van der Waals surface area contributed by atoms with E-state index in [1.54, 1.807) is 0 Å². The normalized spacial score (nSPS) is 39.8. The van der Waals surface area contributed by atoms with E-state index in [0.29, 0.717) is 0 Å². The third kappa shape index (κ3) is 1.75. The fraction of sp³-hybridized carbons (Fsp3) is 1.00. The second-order valence-electron chi connectivity index (χ2n) is 2.58. The fourth-order valence-corrected chi connectivity index (χ4v) is 1.50. The van der Waals surface area contributed by atoms with Gasteiger partial charge in [-0.25, -0.2) is 0 Å². The summed E-state index contributed by atoms with van der Waals surface area (Å²) in [7, 11) is 0. The maximum Gasteiger partial charge on any atom is 0.0713 e. The Labute approximate surface area is 59.0 Å². The lowest BCUT2D eigenvalue weighted by Crippen LogP contribution is -2.40. The molecule has 1 nitrogen and oxygen atoms in total. The lowest BCUT2D eigenvalue weighted by molar-refractivity contribution is 0.398. The number of nitrogens with one attached hydrogen (secondary N) is 1. The molecule has 0 spiro atoms. The molecule has 0 aromatic heterocycles. The summed E-state index contributed by atoms with van der Waals surface area (Å²) in [6, 6.07) is 0. The molecule has 0 aromatic carbocycles. The molecule has 0 bridgehead atoms. The standard InChI is InChI=1S/C6H12BrN/c1-6(7)4-2-3-5-8-6/h8H,2-5H2,1H3. The number of rotatable bonds is 0. The number of hydrogen-bond acceptors (Lipinski definition) is 1. The van der Waals surface area contributed by atoms with Crippen molar-refractivity contribution in [2.45, 2.75) is 30.6 Å². The van der Waals surface area contributed by atoms with Crippen LogP contribution in [0.5, 0.6) is 0 Å². The number of alkyl halides is 1. The Morgan fingerprint density at radius 2 is 2.25 bits per heavy atom. The monoisotopic (exact) mass is 177 g/mol. The fourth-order valence-electron chi connectivity index (χ4n) is 1.02. The van der Waals surface area contributed by atoms with Gasteiger partial charge >= 0.3 is 0 Å². The third-order valence-corrected chi connectivity index (χ3v) is 2.24. The van der Waals surface area contributed by atoms with Crippen LogP contribution < -0.4 is 5.32 Å². The Hall–Kier alpha value is 0.440. The Bertz CT molecular complexity index is 72.6. The maximum absolute atomic E-state index is 3.58. The average Bonchev–Trinajstić information content (AvgIpc) is 1.65. The van der Waals surface area contributed by atoms with E-state index in [2.05, 4.69) is 28.2 Å². The predicted octanol–water partition coefficient (Wildman–Crippen LogP) is 1.87. The van der Waals surface area contributed by atoms with E-state index in [-0.39, 0.29) is 4.45 Å². The summed E-state index contributed by atoms with van der Waals surface area (Å²) in [5.74, 6) is 0. The Kier molecular flexibility index (Phi) is 1.93. The highest BCUT2D eigenvalue weighted by Gasteiger charge is 2.21. The molecule has 2 heteroatoms. The van der Waals surface area contributed by atoms with E-state index in [0.717, 1.165) is 0 Å². The van der Waals surface area contributed by atoms with Gasteiger partial charge in [0.2, 0.25) is 0 Å². The van der Waals surface area contributed by atoms with Crippen LogP contribution in [-0.4, -0.2) is 11.0 Å². The third-order valence-electron chi connectivity index (χ3n) is 1.57. The van der Waals surface area contributed by atoms with E-state index in [1.165, 1.54) is 25.8 Å². The molecular weight excluding hydrogens is 166 g/mol. The van der Waals surface area contributed by atoms with E-state index in [1.807, 2.05) is 0 Å². The average molecular weight is 178 g/mol. The van der Waals surface area contributed by atoms with Crippen LogP contribution in [0.3, 0.4) is 0 Å². The zero-order chi connectivity index (χ0) is 6.04. The SMILES string of the molecule is CC1(Br)CCCCN1. The Morgan fingerprint density at radius 3 is 2.50 bits per heavy atom. The van der Waals surface area contributed by atoms with Crippen LogP contribution in [-0.2, 0) is 0 Å². The molecule has 1 heterocycles. The van der Waals surface area contributed by atoms with Gasteiger partial charge in [-0.05, 0) is 32.7 Å². The first-order chi connectivity index (χ1) is 3.71. The summed E-state index contributed by atoms with van der Waals surface area (Å²) in [4.78, 5) is 0. The van der Waals surface area contributed by atoms with Gasteiger partial charge in [0.1, 0.15) is 0 Å². The molecule has 1 fully saturated rings. The van der Waals surface area contributed by atoms with Crippen molar-refractivity contribution < 1.29 is 0 Å². The first kappa shape index (κ1) is 6.56. The first-order valence-corrected chi connectivity index (χ1v) is 3.94. The van der Waals surface area contributed by atoms with E-state index < -0.39 is 0 Å². The number of hydrogen-bond donors (Lipinski definition) is 1. The van der Waals surface area contributed by atoms with Gasteiger partial charge < -0.3 is 5.32 Å². The zero-order valence-electron chi connectivity index (χ0n) is 5.21. The van der Waals surface area contributed by atoms with Gasteiger partial charge in [-0.15, -0.1) is 0 Å². The van der Waals surface area contributed by atoms with Crippen molar-refractivity contribution in [2.75, 3.05) is 6.54 Å². The molecule has 1 aliphatic heterocycles. The summed E-state index contributed by atoms with van der Waals surface area (Å²) in [5, 5.41) is 3.38. The topological polar surface area (TPSA) is 12.0 Å². The molecule has 0 aromatic rings.